The van der Waals surface area contributed by atoms with Gasteiger partial charge in [-0.25, -0.2) is 0 Å². The third-order valence-corrected chi connectivity index (χ3v) is 4.20. The van der Waals surface area contributed by atoms with Gasteiger partial charge in [0, 0.05) is 25.7 Å². The molecule has 0 aliphatic carbocycles. The number of carbonyl (C=O) groups excluding carboxylic acids is 4. The van der Waals surface area contributed by atoms with Gasteiger partial charge in [-0.3, -0.25) is 19.2 Å². The maximum Gasteiger partial charge on any atom is 0.303 e. The van der Waals surface area contributed by atoms with E-state index in [1.54, 1.807) is 0 Å². The zero-order valence-corrected chi connectivity index (χ0v) is 19.2. The zero-order valence-electron chi connectivity index (χ0n) is 15.9. The first-order valence-electron chi connectivity index (χ1n) is 8.77. The average molecular weight is 485 g/mol. The van der Waals surface area contributed by atoms with Crippen LogP contribution in [0.4, 0.5) is 0 Å². The van der Waals surface area contributed by atoms with Crippen molar-refractivity contribution in [2.45, 2.75) is 25.7 Å². The van der Waals surface area contributed by atoms with Crippen molar-refractivity contribution in [3.05, 3.63) is 0 Å². The summed E-state index contributed by atoms with van der Waals surface area (Å²) in [6.07, 6.45) is 0.0263. The molecular weight excluding hydrogens is 460 g/mol. The molecule has 0 aromatic carbocycles. The summed E-state index contributed by atoms with van der Waals surface area (Å²) in [4.78, 5) is 47.0. The Kier molecular flexibility index (Phi) is 16.6. The van der Waals surface area contributed by atoms with E-state index in [2.05, 4.69) is 0 Å². The monoisotopic (exact) mass is 484 g/mol. The maximum absolute atomic E-state index is 11.8. The van der Waals surface area contributed by atoms with Crippen LogP contribution in [-0.2, 0) is 88.6 Å². The number of esters is 4. The van der Waals surface area contributed by atoms with Crippen molar-refractivity contribution in [2.24, 2.45) is 5.41 Å². The molecule has 0 radical (unpaired) electrons. The summed E-state index contributed by atoms with van der Waals surface area (Å²) in [6.45, 7) is -1.26. The second kappa shape index (κ2) is 17.0. The standard InChI is InChI=1S/C17H28O8S4/c18-13(1-5-26)22-9-17(10-23-14(19)2-6-27,11-24-15(20)3-7-28)12-25-16(21)4-8-29/h26-29H,1-12H2/p-4. The fourth-order valence-corrected chi connectivity index (χ4v) is 2.47. The van der Waals surface area contributed by atoms with Crippen LogP contribution < -0.4 is 0 Å². The molecule has 0 aliphatic rings. The minimum atomic E-state index is -1.29. The van der Waals surface area contributed by atoms with Crippen molar-refractivity contribution < 1.29 is 38.1 Å². The highest BCUT2D eigenvalue weighted by atomic mass is 32.1. The fraction of sp³-hybridized carbons (Fsp3) is 0.765. The summed E-state index contributed by atoms with van der Waals surface area (Å²) in [5.41, 5.74) is -1.29. The summed E-state index contributed by atoms with van der Waals surface area (Å²) >= 11 is 19.0. The van der Waals surface area contributed by atoms with E-state index in [1.165, 1.54) is 0 Å². The Morgan fingerprint density at radius 1 is 0.483 bits per heavy atom. The number of carbonyl (C=O) groups is 4. The van der Waals surface area contributed by atoms with Crippen molar-refractivity contribution in [2.75, 3.05) is 49.4 Å². The van der Waals surface area contributed by atoms with Gasteiger partial charge in [-0.05, 0) is 0 Å². The van der Waals surface area contributed by atoms with Crippen LogP contribution in [0.2, 0.25) is 0 Å². The molecule has 0 unspecified atom stereocenters. The maximum atomic E-state index is 11.8. The van der Waals surface area contributed by atoms with Gasteiger partial charge in [-0.15, -0.1) is 0 Å². The third-order valence-electron chi connectivity index (χ3n) is 3.38. The van der Waals surface area contributed by atoms with Crippen molar-refractivity contribution >= 4 is 74.4 Å². The van der Waals surface area contributed by atoms with Crippen LogP contribution in [0.5, 0.6) is 0 Å². The average Bonchev–Trinajstić information content (AvgIpc) is 2.68. The van der Waals surface area contributed by atoms with Crippen molar-refractivity contribution in [3.8, 4) is 0 Å². The molecule has 0 N–H and O–H groups in total. The van der Waals surface area contributed by atoms with Gasteiger partial charge in [0.1, 0.15) is 31.8 Å². The van der Waals surface area contributed by atoms with E-state index in [-0.39, 0.29) is 75.1 Å². The molecule has 12 heteroatoms. The second-order valence-electron chi connectivity index (χ2n) is 5.96. The Labute approximate surface area is 192 Å². The molecule has 0 fully saturated rings. The van der Waals surface area contributed by atoms with Crippen LogP contribution in [0.1, 0.15) is 25.7 Å². The highest BCUT2D eigenvalue weighted by Gasteiger charge is 2.37. The molecule has 0 aliphatic heterocycles. The third kappa shape index (κ3) is 14.0. The van der Waals surface area contributed by atoms with Crippen molar-refractivity contribution in [1.82, 2.24) is 0 Å². The van der Waals surface area contributed by atoms with Crippen LogP contribution in [0, 0.1) is 5.41 Å². The summed E-state index contributed by atoms with van der Waals surface area (Å²) in [5.74, 6) is -1.62. The lowest BCUT2D eigenvalue weighted by atomic mass is 9.92. The zero-order chi connectivity index (χ0) is 22.1. The predicted octanol–water partition coefficient (Wildman–Crippen LogP) is -0.106. The quantitative estimate of drug-likeness (QED) is 0.166. The Balaban J connectivity index is 5.35. The van der Waals surface area contributed by atoms with E-state index in [4.69, 9.17) is 69.5 Å². The number of hydrogen-bond donors (Lipinski definition) is 0. The minimum absolute atomic E-state index is 0.00658. The van der Waals surface area contributed by atoms with Crippen LogP contribution in [-0.4, -0.2) is 73.3 Å². The molecule has 0 atom stereocenters. The molecule has 0 heterocycles. The summed E-state index contributed by atoms with van der Waals surface area (Å²) < 4.78 is 20.7. The lowest BCUT2D eigenvalue weighted by molar-refractivity contribution is -0.170. The lowest BCUT2D eigenvalue weighted by Crippen LogP contribution is -2.44. The Morgan fingerprint density at radius 3 is 0.862 bits per heavy atom. The van der Waals surface area contributed by atoms with Gasteiger partial charge in [0.15, 0.2) is 0 Å². The summed E-state index contributed by atoms with van der Waals surface area (Å²) in [6, 6.07) is 0. The summed E-state index contributed by atoms with van der Waals surface area (Å²) in [5, 5.41) is 0. The molecule has 0 saturated heterocycles. The molecule has 0 saturated carbocycles. The molecular formula is C17H24O8S4-4. The molecule has 8 nitrogen and oxygen atoms in total. The van der Waals surface area contributed by atoms with E-state index in [1.807, 2.05) is 0 Å². The number of rotatable bonds is 16. The van der Waals surface area contributed by atoms with Gasteiger partial charge in [-0.2, -0.15) is 23.0 Å². The van der Waals surface area contributed by atoms with Gasteiger partial charge in [0.05, 0.1) is 0 Å². The van der Waals surface area contributed by atoms with Gasteiger partial charge in [0.25, 0.3) is 0 Å². The smallest absolute Gasteiger partial charge is 0.303 e. The van der Waals surface area contributed by atoms with Gasteiger partial charge in [0.2, 0.25) is 0 Å². The fourth-order valence-electron chi connectivity index (χ4n) is 1.81. The van der Waals surface area contributed by atoms with Crippen LogP contribution in [0.15, 0.2) is 0 Å². The Bertz CT molecular complexity index is 436. The van der Waals surface area contributed by atoms with E-state index in [0.29, 0.717) is 0 Å². The molecule has 0 rings (SSSR count). The van der Waals surface area contributed by atoms with Crippen LogP contribution in [0.3, 0.4) is 0 Å². The first kappa shape index (κ1) is 28.3. The molecule has 0 amide bonds. The van der Waals surface area contributed by atoms with E-state index in [0.717, 1.165) is 0 Å². The van der Waals surface area contributed by atoms with Gasteiger partial charge >= 0.3 is 23.9 Å². The van der Waals surface area contributed by atoms with E-state index in [9.17, 15) is 19.2 Å². The molecule has 0 aromatic heterocycles. The molecule has 29 heavy (non-hydrogen) atoms. The first-order chi connectivity index (χ1) is 13.8. The van der Waals surface area contributed by atoms with E-state index < -0.39 is 29.3 Å². The largest absolute Gasteiger partial charge is 0.792 e. The second-order valence-corrected chi connectivity index (χ2v) is 7.59. The minimum Gasteiger partial charge on any atom is -0.792 e. The first-order valence-corrected chi connectivity index (χ1v) is 11.1. The Hall–Kier alpha value is -0.720. The van der Waals surface area contributed by atoms with Gasteiger partial charge in [-0.1, -0.05) is 0 Å². The number of ether oxygens (including phenoxy) is 4. The lowest BCUT2D eigenvalue weighted by Gasteiger charge is -2.32. The van der Waals surface area contributed by atoms with Gasteiger partial charge < -0.3 is 69.5 Å². The molecule has 0 aromatic rings. The SMILES string of the molecule is O=C(CC[S-])OCC(COC(=O)CC[S-])(COC(=O)CC[S-])COC(=O)CC[S-]. The molecule has 0 bridgehead atoms. The van der Waals surface area contributed by atoms with Crippen molar-refractivity contribution in [3.63, 3.8) is 0 Å². The molecule has 0 spiro atoms. The normalized spacial score (nSPS) is 10.9. The molecule has 168 valence electrons. The van der Waals surface area contributed by atoms with Crippen LogP contribution >= 0.6 is 0 Å². The predicted molar refractivity (Wildman–Crippen MR) is 114 cm³/mol. The van der Waals surface area contributed by atoms with E-state index >= 15 is 0 Å². The Morgan fingerprint density at radius 2 is 0.690 bits per heavy atom. The number of hydrogen-bond acceptors (Lipinski definition) is 12. The highest BCUT2D eigenvalue weighted by molar-refractivity contribution is 7.59. The topological polar surface area (TPSA) is 105 Å². The summed E-state index contributed by atoms with van der Waals surface area (Å²) in [7, 11) is 0. The highest BCUT2D eigenvalue weighted by Crippen LogP contribution is 2.22. The van der Waals surface area contributed by atoms with Crippen molar-refractivity contribution in [1.29, 1.82) is 0 Å². The van der Waals surface area contributed by atoms with Crippen LogP contribution in [0.25, 0.3) is 0 Å².